The van der Waals surface area contributed by atoms with E-state index < -0.39 is 11.8 Å². The van der Waals surface area contributed by atoms with Gasteiger partial charge in [-0.05, 0) is 49.9 Å². The highest BCUT2D eigenvalue weighted by atomic mass is 16.2. The van der Waals surface area contributed by atoms with Crippen LogP contribution < -0.4 is 22.9 Å². The van der Waals surface area contributed by atoms with Gasteiger partial charge >= 0.3 is 0 Å². The second kappa shape index (κ2) is 8.66. The summed E-state index contributed by atoms with van der Waals surface area (Å²) < 4.78 is 0. The van der Waals surface area contributed by atoms with Gasteiger partial charge < -0.3 is 22.9 Å². The van der Waals surface area contributed by atoms with Crippen molar-refractivity contribution in [3.63, 3.8) is 0 Å². The van der Waals surface area contributed by atoms with Gasteiger partial charge in [-0.2, -0.15) is 0 Å². The lowest BCUT2D eigenvalue weighted by molar-refractivity contribution is -0.127. The number of nitrogens with two attached hydrogens (primary N) is 4. The summed E-state index contributed by atoms with van der Waals surface area (Å²) in [6, 6.07) is 5.84. The Morgan fingerprint density at radius 3 is 1.04 bits per heavy atom. The zero-order chi connectivity index (χ0) is 18.3. The number of carbonyl (C=O) groups is 4. The maximum absolute atomic E-state index is 10.7. The lowest BCUT2D eigenvalue weighted by atomic mass is 9.81. The summed E-state index contributed by atoms with van der Waals surface area (Å²) in [5, 5.41) is 0. The normalized spacial score (nSPS) is 19.5. The summed E-state index contributed by atoms with van der Waals surface area (Å²) in [5.41, 5.74) is 21.0. The standard InChI is InChI=1S/C8H14N2O2.C8H8N2O2/c2*9-7(11)5-1-2-6(4-3-5)8(10)12/h5-6H,1-4H2,(H2,9,11)(H2,10,12);1-4H,(H2,9,11)(H2,10,12). The van der Waals surface area contributed by atoms with Crippen LogP contribution in [-0.2, 0) is 9.59 Å². The number of primary amides is 4. The van der Waals surface area contributed by atoms with Crippen LogP contribution in [-0.4, -0.2) is 23.6 Å². The molecule has 0 unspecified atom stereocenters. The molecule has 4 amide bonds. The van der Waals surface area contributed by atoms with Crippen LogP contribution in [0.5, 0.6) is 0 Å². The number of carbonyl (C=O) groups excluding carboxylic acids is 4. The van der Waals surface area contributed by atoms with Gasteiger partial charge in [-0.3, -0.25) is 19.2 Å². The summed E-state index contributed by atoms with van der Waals surface area (Å²) in [6.07, 6.45) is 2.84. The first kappa shape index (κ1) is 19.1. The van der Waals surface area contributed by atoms with Crippen molar-refractivity contribution in [1.29, 1.82) is 0 Å². The molecular weight excluding hydrogens is 312 g/mol. The average Bonchev–Trinajstić information content (AvgIpc) is 2.55. The summed E-state index contributed by atoms with van der Waals surface area (Å²) in [7, 11) is 0. The van der Waals surface area contributed by atoms with Crippen molar-refractivity contribution in [2.24, 2.45) is 34.8 Å². The second-order valence-electron chi connectivity index (χ2n) is 5.66. The zero-order valence-corrected chi connectivity index (χ0v) is 13.2. The molecule has 2 rings (SSSR count). The monoisotopic (exact) mass is 334 g/mol. The van der Waals surface area contributed by atoms with E-state index in [4.69, 9.17) is 22.9 Å². The Kier molecular flexibility index (Phi) is 6.91. The third-order valence-corrected chi connectivity index (χ3v) is 3.99. The van der Waals surface area contributed by atoms with E-state index in [1.165, 1.54) is 24.3 Å². The van der Waals surface area contributed by atoms with Crippen molar-refractivity contribution in [1.82, 2.24) is 0 Å². The van der Waals surface area contributed by atoms with Crippen LogP contribution in [0.25, 0.3) is 0 Å². The number of hydrogen-bond donors (Lipinski definition) is 4. The van der Waals surface area contributed by atoms with Crippen LogP contribution in [0.15, 0.2) is 24.3 Å². The van der Waals surface area contributed by atoms with Gasteiger partial charge in [0.15, 0.2) is 0 Å². The fourth-order valence-electron chi connectivity index (χ4n) is 2.46. The molecule has 8 nitrogen and oxygen atoms in total. The highest BCUT2D eigenvalue weighted by Crippen LogP contribution is 2.27. The average molecular weight is 334 g/mol. The molecule has 1 aliphatic rings. The molecule has 0 spiro atoms. The van der Waals surface area contributed by atoms with E-state index in [2.05, 4.69) is 0 Å². The fourth-order valence-corrected chi connectivity index (χ4v) is 2.46. The first-order valence-corrected chi connectivity index (χ1v) is 7.50. The Morgan fingerprint density at radius 2 is 0.875 bits per heavy atom. The molecule has 130 valence electrons. The SMILES string of the molecule is NC(=O)C1CCC(C(N)=O)CC1.NC(=O)c1ccc(C(N)=O)cc1. The molecular formula is C16H22N4O4. The molecule has 8 heteroatoms. The van der Waals surface area contributed by atoms with Crippen LogP contribution in [0.2, 0.25) is 0 Å². The number of benzene rings is 1. The van der Waals surface area contributed by atoms with Crippen LogP contribution >= 0.6 is 0 Å². The minimum Gasteiger partial charge on any atom is -0.369 e. The molecule has 0 aliphatic heterocycles. The van der Waals surface area contributed by atoms with E-state index >= 15 is 0 Å². The molecule has 1 aliphatic carbocycles. The summed E-state index contributed by atoms with van der Waals surface area (Å²) in [6.45, 7) is 0. The topological polar surface area (TPSA) is 172 Å². The van der Waals surface area contributed by atoms with Crippen molar-refractivity contribution in [2.75, 3.05) is 0 Å². The van der Waals surface area contributed by atoms with E-state index in [1.54, 1.807) is 0 Å². The van der Waals surface area contributed by atoms with Crippen molar-refractivity contribution in [2.45, 2.75) is 25.7 Å². The van der Waals surface area contributed by atoms with Crippen LogP contribution in [0.4, 0.5) is 0 Å². The summed E-state index contributed by atoms with van der Waals surface area (Å²) in [5.74, 6) is -1.63. The molecule has 0 atom stereocenters. The molecule has 1 aromatic carbocycles. The lowest BCUT2D eigenvalue weighted by Crippen LogP contribution is -2.32. The molecule has 1 fully saturated rings. The van der Waals surface area contributed by atoms with Gasteiger partial charge in [0, 0.05) is 23.0 Å². The van der Waals surface area contributed by atoms with Gasteiger partial charge in [-0.25, -0.2) is 0 Å². The Hall–Kier alpha value is -2.90. The van der Waals surface area contributed by atoms with E-state index in [0.29, 0.717) is 36.8 Å². The predicted octanol–water partition coefficient (Wildman–Crippen LogP) is -0.352. The molecule has 24 heavy (non-hydrogen) atoms. The van der Waals surface area contributed by atoms with Gasteiger partial charge in [0.2, 0.25) is 23.6 Å². The fraction of sp³-hybridized carbons (Fsp3) is 0.375. The van der Waals surface area contributed by atoms with Crippen LogP contribution in [0.1, 0.15) is 46.4 Å². The Bertz CT molecular complexity index is 564. The Labute approximate surface area is 139 Å². The first-order valence-electron chi connectivity index (χ1n) is 7.50. The van der Waals surface area contributed by atoms with E-state index in [9.17, 15) is 19.2 Å². The maximum atomic E-state index is 10.7. The minimum absolute atomic E-state index is 0.0411. The molecule has 1 saturated carbocycles. The molecule has 8 N–H and O–H groups in total. The van der Waals surface area contributed by atoms with Crippen molar-refractivity contribution < 1.29 is 19.2 Å². The quantitative estimate of drug-likeness (QED) is 0.589. The van der Waals surface area contributed by atoms with E-state index in [-0.39, 0.29) is 23.7 Å². The van der Waals surface area contributed by atoms with Crippen LogP contribution in [0, 0.1) is 11.8 Å². The van der Waals surface area contributed by atoms with E-state index in [0.717, 1.165) is 0 Å². The highest BCUT2D eigenvalue weighted by Gasteiger charge is 2.27. The van der Waals surface area contributed by atoms with Gasteiger partial charge in [0.05, 0.1) is 0 Å². The molecule has 0 aromatic heterocycles. The Balaban J connectivity index is 0.000000240. The second-order valence-corrected chi connectivity index (χ2v) is 5.66. The third-order valence-electron chi connectivity index (χ3n) is 3.99. The smallest absolute Gasteiger partial charge is 0.248 e. The van der Waals surface area contributed by atoms with Crippen molar-refractivity contribution in [3.8, 4) is 0 Å². The van der Waals surface area contributed by atoms with Crippen LogP contribution in [0.3, 0.4) is 0 Å². The first-order chi connectivity index (χ1) is 11.2. The van der Waals surface area contributed by atoms with Gasteiger partial charge in [-0.1, -0.05) is 0 Å². The molecule has 0 heterocycles. The highest BCUT2D eigenvalue weighted by molar-refractivity contribution is 5.96. The van der Waals surface area contributed by atoms with Crippen molar-refractivity contribution in [3.05, 3.63) is 35.4 Å². The predicted molar refractivity (Wildman–Crippen MR) is 87.3 cm³/mol. The number of hydrogen-bond acceptors (Lipinski definition) is 4. The number of rotatable bonds is 4. The zero-order valence-electron chi connectivity index (χ0n) is 13.2. The minimum atomic E-state index is -0.522. The molecule has 0 radical (unpaired) electrons. The van der Waals surface area contributed by atoms with E-state index in [1.807, 2.05) is 0 Å². The molecule has 0 saturated heterocycles. The van der Waals surface area contributed by atoms with Gasteiger partial charge in [-0.15, -0.1) is 0 Å². The van der Waals surface area contributed by atoms with Gasteiger partial charge in [0.25, 0.3) is 0 Å². The maximum Gasteiger partial charge on any atom is 0.248 e. The molecule has 1 aromatic rings. The third kappa shape index (κ3) is 5.71. The number of amides is 4. The van der Waals surface area contributed by atoms with Gasteiger partial charge in [0.1, 0.15) is 0 Å². The Morgan fingerprint density at radius 1 is 0.625 bits per heavy atom. The largest absolute Gasteiger partial charge is 0.369 e. The lowest BCUT2D eigenvalue weighted by Gasteiger charge is -2.23. The summed E-state index contributed by atoms with van der Waals surface area (Å²) >= 11 is 0. The molecule has 0 bridgehead atoms. The summed E-state index contributed by atoms with van der Waals surface area (Å²) in [4.78, 5) is 42.7. The van der Waals surface area contributed by atoms with Crippen molar-refractivity contribution >= 4 is 23.6 Å².